The summed E-state index contributed by atoms with van der Waals surface area (Å²) in [5, 5.41) is 12.4. The number of fused-ring (bicyclic) bond motifs is 1. The number of halogens is 1. The predicted molar refractivity (Wildman–Crippen MR) is 76.4 cm³/mol. The van der Waals surface area contributed by atoms with Gasteiger partial charge in [-0.25, -0.2) is 4.79 Å². The Morgan fingerprint density at radius 3 is 2.81 bits per heavy atom. The van der Waals surface area contributed by atoms with Crippen molar-refractivity contribution >= 4 is 23.5 Å². The molecule has 0 radical (unpaired) electrons. The Bertz CT molecular complexity index is 585. The number of ether oxygens (including phenoxy) is 1. The molecule has 1 aromatic carbocycles. The van der Waals surface area contributed by atoms with Crippen LogP contribution in [0, 0.1) is 11.8 Å². The van der Waals surface area contributed by atoms with Crippen molar-refractivity contribution in [2.75, 3.05) is 6.61 Å². The monoisotopic (exact) mass is 309 g/mol. The molecule has 1 aliphatic heterocycles. The van der Waals surface area contributed by atoms with E-state index >= 15 is 0 Å². The number of carbonyl (C=O) groups excluding carboxylic acids is 1. The first kappa shape index (κ1) is 14.2. The van der Waals surface area contributed by atoms with E-state index < -0.39 is 12.0 Å². The van der Waals surface area contributed by atoms with Crippen LogP contribution in [0.5, 0.6) is 5.75 Å². The Kier molecular flexibility index (Phi) is 3.76. The van der Waals surface area contributed by atoms with Gasteiger partial charge in [-0.15, -0.1) is 0 Å². The second-order valence-corrected chi connectivity index (χ2v) is 6.06. The van der Waals surface area contributed by atoms with Crippen molar-refractivity contribution in [3.63, 3.8) is 0 Å². The highest BCUT2D eigenvalue weighted by Gasteiger charge is 2.39. The Morgan fingerprint density at radius 2 is 2.14 bits per heavy atom. The number of aliphatic carboxylic acids is 1. The molecule has 0 bridgehead atoms. The van der Waals surface area contributed by atoms with E-state index in [2.05, 4.69) is 5.32 Å². The van der Waals surface area contributed by atoms with Gasteiger partial charge in [0, 0.05) is 5.02 Å². The fourth-order valence-corrected chi connectivity index (χ4v) is 2.81. The molecule has 6 heteroatoms. The third-order valence-electron chi connectivity index (χ3n) is 3.96. The summed E-state index contributed by atoms with van der Waals surface area (Å²) in [6.45, 7) is 0.261. The molecule has 21 heavy (non-hydrogen) atoms. The van der Waals surface area contributed by atoms with Crippen LogP contribution in [0.2, 0.25) is 5.02 Å². The van der Waals surface area contributed by atoms with E-state index in [4.69, 9.17) is 21.4 Å². The molecule has 3 rings (SSSR count). The summed E-state index contributed by atoms with van der Waals surface area (Å²) in [7, 11) is 0. The lowest BCUT2D eigenvalue weighted by Crippen LogP contribution is -2.47. The summed E-state index contributed by atoms with van der Waals surface area (Å²) in [6, 6.07) is 4.54. The van der Waals surface area contributed by atoms with Gasteiger partial charge >= 0.3 is 5.97 Å². The third-order valence-corrected chi connectivity index (χ3v) is 4.19. The number of hydrogen-bond donors (Lipinski definition) is 2. The highest BCUT2D eigenvalue weighted by atomic mass is 35.5. The second kappa shape index (κ2) is 5.56. The minimum atomic E-state index is -0.967. The fraction of sp³-hybridized carbons (Fsp3) is 0.467. The highest BCUT2D eigenvalue weighted by Crippen LogP contribution is 2.34. The molecule has 1 aromatic rings. The Morgan fingerprint density at radius 1 is 1.38 bits per heavy atom. The van der Waals surface area contributed by atoms with Gasteiger partial charge in [0.15, 0.2) is 0 Å². The van der Waals surface area contributed by atoms with Gasteiger partial charge in [0.2, 0.25) is 5.91 Å². The Balaban J connectivity index is 1.67. The van der Waals surface area contributed by atoms with Crippen molar-refractivity contribution in [2.24, 2.45) is 11.8 Å². The van der Waals surface area contributed by atoms with E-state index in [1.807, 2.05) is 0 Å². The number of carboxylic acids is 1. The molecule has 2 unspecified atom stereocenters. The average Bonchev–Trinajstić information content (AvgIpc) is 3.27. The third kappa shape index (κ3) is 3.13. The SMILES string of the molecule is O=C(NC(C(=O)O)C1CC1)C1COc2ccc(Cl)cc2C1. The molecule has 1 fully saturated rings. The van der Waals surface area contributed by atoms with Gasteiger partial charge in [0.05, 0.1) is 5.92 Å². The minimum Gasteiger partial charge on any atom is -0.492 e. The maximum absolute atomic E-state index is 12.3. The zero-order valence-corrected chi connectivity index (χ0v) is 12.1. The first-order chi connectivity index (χ1) is 10.0. The fourth-order valence-electron chi connectivity index (χ4n) is 2.61. The number of hydrogen-bond acceptors (Lipinski definition) is 3. The first-order valence-corrected chi connectivity index (χ1v) is 7.37. The first-order valence-electron chi connectivity index (χ1n) is 6.99. The zero-order valence-electron chi connectivity index (χ0n) is 11.3. The number of nitrogens with one attached hydrogen (secondary N) is 1. The molecular weight excluding hydrogens is 294 g/mol. The molecule has 0 spiro atoms. The van der Waals surface area contributed by atoms with Gasteiger partial charge in [-0.2, -0.15) is 0 Å². The van der Waals surface area contributed by atoms with Crippen LogP contribution in [-0.4, -0.2) is 29.6 Å². The highest BCUT2D eigenvalue weighted by molar-refractivity contribution is 6.30. The van der Waals surface area contributed by atoms with Crippen LogP contribution < -0.4 is 10.1 Å². The van der Waals surface area contributed by atoms with Crippen LogP contribution >= 0.6 is 11.6 Å². The van der Waals surface area contributed by atoms with Crippen LogP contribution in [0.3, 0.4) is 0 Å². The van der Waals surface area contributed by atoms with Crippen molar-refractivity contribution in [1.29, 1.82) is 0 Å². The van der Waals surface area contributed by atoms with Gasteiger partial charge < -0.3 is 15.2 Å². The lowest BCUT2D eigenvalue weighted by Gasteiger charge is -2.26. The van der Waals surface area contributed by atoms with Crippen molar-refractivity contribution in [1.82, 2.24) is 5.32 Å². The van der Waals surface area contributed by atoms with Gasteiger partial charge in [0.1, 0.15) is 18.4 Å². The molecule has 2 atom stereocenters. The summed E-state index contributed by atoms with van der Waals surface area (Å²) < 4.78 is 5.56. The van der Waals surface area contributed by atoms with Gasteiger partial charge in [0.25, 0.3) is 0 Å². The van der Waals surface area contributed by atoms with E-state index in [1.165, 1.54) is 0 Å². The Hall–Kier alpha value is -1.75. The van der Waals surface area contributed by atoms with Crippen LogP contribution in [0.15, 0.2) is 18.2 Å². The maximum atomic E-state index is 12.3. The van der Waals surface area contributed by atoms with E-state index in [0.717, 1.165) is 24.2 Å². The normalized spacial score (nSPS) is 21.9. The lowest BCUT2D eigenvalue weighted by molar-refractivity contribution is -0.143. The smallest absolute Gasteiger partial charge is 0.326 e. The maximum Gasteiger partial charge on any atom is 0.326 e. The molecule has 1 aliphatic carbocycles. The quantitative estimate of drug-likeness (QED) is 0.890. The average molecular weight is 310 g/mol. The van der Waals surface area contributed by atoms with Gasteiger partial charge in [-0.05, 0) is 48.9 Å². The molecule has 2 aliphatic rings. The Labute approximate surface area is 127 Å². The minimum absolute atomic E-state index is 0.0673. The summed E-state index contributed by atoms with van der Waals surface area (Å²) in [5.41, 5.74) is 0.882. The van der Waals surface area contributed by atoms with Crippen LogP contribution in [0.1, 0.15) is 18.4 Å². The number of carboxylic acid groups (broad SMARTS) is 1. The number of carbonyl (C=O) groups is 2. The van der Waals surface area contributed by atoms with E-state index in [-0.39, 0.29) is 24.3 Å². The summed E-state index contributed by atoms with van der Waals surface area (Å²) >= 11 is 5.95. The van der Waals surface area contributed by atoms with Crippen molar-refractivity contribution in [2.45, 2.75) is 25.3 Å². The molecule has 0 aromatic heterocycles. The molecule has 1 amide bonds. The molecule has 1 saturated carbocycles. The van der Waals surface area contributed by atoms with Gasteiger partial charge in [-0.1, -0.05) is 11.6 Å². The molecule has 5 nitrogen and oxygen atoms in total. The molecule has 2 N–H and O–H groups in total. The molecule has 0 saturated heterocycles. The van der Waals surface area contributed by atoms with E-state index in [1.54, 1.807) is 18.2 Å². The second-order valence-electron chi connectivity index (χ2n) is 5.63. The molecule has 1 heterocycles. The lowest BCUT2D eigenvalue weighted by atomic mass is 9.95. The predicted octanol–water partition coefficient (Wildman–Crippen LogP) is 1.87. The number of benzene rings is 1. The van der Waals surface area contributed by atoms with E-state index in [0.29, 0.717) is 11.4 Å². The summed E-state index contributed by atoms with van der Waals surface area (Å²) in [5.74, 6) is -0.805. The van der Waals surface area contributed by atoms with Crippen molar-refractivity contribution < 1.29 is 19.4 Å². The van der Waals surface area contributed by atoms with Crippen LogP contribution in [-0.2, 0) is 16.0 Å². The number of rotatable bonds is 4. The van der Waals surface area contributed by atoms with Gasteiger partial charge in [-0.3, -0.25) is 4.79 Å². The van der Waals surface area contributed by atoms with E-state index in [9.17, 15) is 9.59 Å². The molecule has 112 valence electrons. The largest absolute Gasteiger partial charge is 0.492 e. The standard InChI is InChI=1S/C15H16ClNO4/c16-11-3-4-12-9(6-11)5-10(7-21-12)14(18)17-13(15(19)20)8-1-2-8/h3-4,6,8,10,13H,1-2,5,7H2,(H,17,18)(H,19,20). The van der Waals surface area contributed by atoms with Crippen LogP contribution in [0.4, 0.5) is 0 Å². The van der Waals surface area contributed by atoms with Crippen molar-refractivity contribution in [3.8, 4) is 5.75 Å². The summed E-state index contributed by atoms with van der Waals surface area (Å²) in [4.78, 5) is 23.4. The number of amides is 1. The molecular formula is C15H16ClNO4. The topological polar surface area (TPSA) is 75.6 Å². The van der Waals surface area contributed by atoms with Crippen molar-refractivity contribution in [3.05, 3.63) is 28.8 Å². The zero-order chi connectivity index (χ0) is 15.0. The summed E-state index contributed by atoms with van der Waals surface area (Å²) in [6.07, 6.45) is 2.23. The van der Waals surface area contributed by atoms with Crippen LogP contribution in [0.25, 0.3) is 0 Å².